The summed E-state index contributed by atoms with van der Waals surface area (Å²) >= 11 is 12.0. The molecule has 0 aliphatic heterocycles. The van der Waals surface area contributed by atoms with Gasteiger partial charge in [0.15, 0.2) is 0 Å². The molecule has 0 saturated carbocycles. The smallest absolute Gasteiger partial charge is 0.139 e. The standard InChI is InChI=1S/C15H16Cl2N2O/c1-19(13-7-3-2-6-12(13)18)9-10-20-14-8-4-5-11(16)15(14)17/h2-8H,9-10,18H2,1H3. The molecule has 20 heavy (non-hydrogen) atoms. The van der Waals surface area contributed by atoms with Crippen LogP contribution in [-0.4, -0.2) is 20.2 Å². The largest absolute Gasteiger partial charge is 0.490 e. The van der Waals surface area contributed by atoms with Crippen molar-refractivity contribution in [3.8, 4) is 5.75 Å². The summed E-state index contributed by atoms with van der Waals surface area (Å²) in [5.74, 6) is 0.591. The Morgan fingerprint density at radius 3 is 2.60 bits per heavy atom. The van der Waals surface area contributed by atoms with Crippen molar-refractivity contribution in [2.24, 2.45) is 0 Å². The van der Waals surface area contributed by atoms with Crippen LogP contribution in [0.4, 0.5) is 11.4 Å². The second kappa shape index (κ2) is 6.73. The van der Waals surface area contributed by atoms with Crippen LogP contribution in [0.2, 0.25) is 10.0 Å². The minimum absolute atomic E-state index is 0.441. The van der Waals surface area contributed by atoms with Gasteiger partial charge in [-0.05, 0) is 24.3 Å². The minimum Gasteiger partial charge on any atom is -0.490 e. The van der Waals surface area contributed by atoms with E-state index in [0.717, 1.165) is 11.4 Å². The van der Waals surface area contributed by atoms with Crippen LogP contribution < -0.4 is 15.4 Å². The Hall–Kier alpha value is -1.58. The van der Waals surface area contributed by atoms with Gasteiger partial charge in [-0.25, -0.2) is 0 Å². The van der Waals surface area contributed by atoms with E-state index >= 15 is 0 Å². The van der Waals surface area contributed by atoms with E-state index in [1.165, 1.54) is 0 Å². The second-order valence-corrected chi connectivity index (χ2v) is 5.17. The molecule has 0 heterocycles. The van der Waals surface area contributed by atoms with Crippen LogP contribution in [0, 0.1) is 0 Å². The van der Waals surface area contributed by atoms with Crippen molar-refractivity contribution in [1.29, 1.82) is 0 Å². The number of rotatable bonds is 5. The number of hydrogen-bond donors (Lipinski definition) is 1. The fourth-order valence-corrected chi connectivity index (χ4v) is 2.19. The summed E-state index contributed by atoms with van der Waals surface area (Å²) in [6.45, 7) is 1.18. The lowest BCUT2D eigenvalue weighted by Crippen LogP contribution is -2.24. The predicted molar refractivity (Wildman–Crippen MR) is 86.1 cm³/mol. The van der Waals surface area contributed by atoms with E-state index in [4.69, 9.17) is 33.7 Å². The van der Waals surface area contributed by atoms with Gasteiger partial charge in [0.25, 0.3) is 0 Å². The van der Waals surface area contributed by atoms with E-state index in [9.17, 15) is 0 Å². The molecular formula is C15H16Cl2N2O. The number of halogens is 2. The molecule has 0 amide bonds. The molecule has 0 bridgehead atoms. The summed E-state index contributed by atoms with van der Waals surface area (Å²) in [5, 5.41) is 0.931. The van der Waals surface area contributed by atoms with Gasteiger partial charge in [0, 0.05) is 7.05 Å². The Morgan fingerprint density at radius 1 is 1.10 bits per heavy atom. The van der Waals surface area contributed by atoms with Crippen LogP contribution in [0.3, 0.4) is 0 Å². The zero-order valence-corrected chi connectivity index (χ0v) is 12.7. The minimum atomic E-state index is 0.441. The van der Waals surface area contributed by atoms with Gasteiger partial charge < -0.3 is 15.4 Å². The number of benzene rings is 2. The highest BCUT2D eigenvalue weighted by Gasteiger charge is 2.07. The molecule has 106 valence electrons. The van der Waals surface area contributed by atoms with Crippen LogP contribution in [0.25, 0.3) is 0 Å². The third-order valence-corrected chi connectivity index (χ3v) is 3.75. The average Bonchev–Trinajstić information content (AvgIpc) is 2.44. The fourth-order valence-electron chi connectivity index (χ4n) is 1.84. The maximum atomic E-state index is 6.06. The summed E-state index contributed by atoms with van der Waals surface area (Å²) in [7, 11) is 1.97. The van der Waals surface area contributed by atoms with E-state index in [1.54, 1.807) is 12.1 Å². The molecule has 0 aromatic heterocycles. The van der Waals surface area contributed by atoms with Crippen molar-refractivity contribution in [2.45, 2.75) is 0 Å². The maximum Gasteiger partial charge on any atom is 0.139 e. The second-order valence-electron chi connectivity index (χ2n) is 4.38. The van der Waals surface area contributed by atoms with Crippen LogP contribution in [0.15, 0.2) is 42.5 Å². The summed E-state index contributed by atoms with van der Waals surface area (Å²) < 4.78 is 5.65. The molecule has 2 N–H and O–H groups in total. The van der Waals surface area contributed by atoms with Gasteiger partial charge in [0.1, 0.15) is 17.4 Å². The van der Waals surface area contributed by atoms with Crippen molar-refractivity contribution in [3.05, 3.63) is 52.5 Å². The van der Waals surface area contributed by atoms with Gasteiger partial charge in [-0.1, -0.05) is 41.4 Å². The van der Waals surface area contributed by atoms with E-state index in [0.29, 0.717) is 28.9 Å². The third kappa shape index (κ3) is 3.50. The van der Waals surface area contributed by atoms with E-state index in [1.807, 2.05) is 42.3 Å². The van der Waals surface area contributed by atoms with Crippen molar-refractivity contribution in [2.75, 3.05) is 30.8 Å². The van der Waals surface area contributed by atoms with Crippen molar-refractivity contribution in [3.63, 3.8) is 0 Å². The lowest BCUT2D eigenvalue weighted by Gasteiger charge is -2.21. The van der Waals surface area contributed by atoms with Crippen LogP contribution in [0.5, 0.6) is 5.75 Å². The molecule has 2 aromatic carbocycles. The zero-order valence-electron chi connectivity index (χ0n) is 11.1. The Morgan fingerprint density at radius 2 is 1.85 bits per heavy atom. The first-order valence-corrected chi connectivity index (χ1v) is 6.97. The summed E-state index contributed by atoms with van der Waals surface area (Å²) in [4.78, 5) is 2.04. The Labute approximate surface area is 128 Å². The molecule has 0 aliphatic carbocycles. The monoisotopic (exact) mass is 310 g/mol. The molecular weight excluding hydrogens is 295 g/mol. The molecule has 0 atom stereocenters. The van der Waals surface area contributed by atoms with Crippen molar-refractivity contribution < 1.29 is 4.74 Å². The van der Waals surface area contributed by atoms with Gasteiger partial charge >= 0.3 is 0 Å². The zero-order chi connectivity index (χ0) is 14.5. The normalized spacial score (nSPS) is 10.3. The van der Waals surface area contributed by atoms with Gasteiger partial charge in [0.2, 0.25) is 0 Å². The van der Waals surface area contributed by atoms with Gasteiger partial charge in [-0.2, -0.15) is 0 Å². The summed E-state index contributed by atoms with van der Waals surface area (Å²) in [5.41, 5.74) is 7.65. The Kier molecular flexibility index (Phi) is 4.99. The SMILES string of the molecule is CN(CCOc1cccc(Cl)c1Cl)c1ccccc1N. The first-order chi connectivity index (χ1) is 9.59. The predicted octanol–water partition coefficient (Wildman–Crippen LogP) is 4.09. The number of para-hydroxylation sites is 2. The number of nitrogens with two attached hydrogens (primary N) is 1. The molecule has 2 rings (SSSR count). The molecule has 0 aliphatic rings. The van der Waals surface area contributed by atoms with E-state index < -0.39 is 0 Å². The highest BCUT2D eigenvalue weighted by molar-refractivity contribution is 6.42. The molecule has 2 aromatic rings. The highest BCUT2D eigenvalue weighted by atomic mass is 35.5. The van der Waals surface area contributed by atoms with Crippen LogP contribution in [-0.2, 0) is 0 Å². The Bertz CT molecular complexity index is 590. The summed E-state index contributed by atoms with van der Waals surface area (Å²) in [6.07, 6.45) is 0. The summed E-state index contributed by atoms with van der Waals surface area (Å²) in [6, 6.07) is 13.1. The quantitative estimate of drug-likeness (QED) is 0.845. The molecule has 0 fully saturated rings. The first-order valence-electron chi connectivity index (χ1n) is 6.22. The van der Waals surface area contributed by atoms with Gasteiger partial charge in [0.05, 0.1) is 22.9 Å². The molecule has 0 unspecified atom stereocenters. The number of likely N-dealkylation sites (N-methyl/N-ethyl adjacent to an activating group) is 1. The Balaban J connectivity index is 1.93. The van der Waals surface area contributed by atoms with Gasteiger partial charge in [-0.3, -0.25) is 0 Å². The maximum absolute atomic E-state index is 6.06. The number of ether oxygens (including phenoxy) is 1. The fraction of sp³-hybridized carbons (Fsp3) is 0.200. The highest BCUT2D eigenvalue weighted by Crippen LogP contribution is 2.31. The first kappa shape index (κ1) is 14.8. The lowest BCUT2D eigenvalue weighted by atomic mass is 10.2. The van der Waals surface area contributed by atoms with E-state index in [-0.39, 0.29) is 0 Å². The number of nitrogen functional groups attached to an aromatic ring is 1. The molecule has 0 saturated heterocycles. The molecule has 0 radical (unpaired) electrons. The topological polar surface area (TPSA) is 38.5 Å². The average molecular weight is 311 g/mol. The van der Waals surface area contributed by atoms with Crippen molar-refractivity contribution >= 4 is 34.6 Å². The van der Waals surface area contributed by atoms with E-state index in [2.05, 4.69) is 0 Å². The number of hydrogen-bond acceptors (Lipinski definition) is 3. The van der Waals surface area contributed by atoms with Crippen LogP contribution >= 0.6 is 23.2 Å². The van der Waals surface area contributed by atoms with Crippen LogP contribution in [0.1, 0.15) is 0 Å². The molecule has 5 heteroatoms. The molecule has 0 spiro atoms. The third-order valence-electron chi connectivity index (χ3n) is 2.95. The number of anilines is 2. The lowest BCUT2D eigenvalue weighted by molar-refractivity contribution is 0.326. The van der Waals surface area contributed by atoms with Crippen molar-refractivity contribution in [1.82, 2.24) is 0 Å². The van der Waals surface area contributed by atoms with Gasteiger partial charge in [-0.15, -0.1) is 0 Å². The molecule has 3 nitrogen and oxygen atoms in total. The number of nitrogens with zero attached hydrogens (tertiary/aromatic N) is 1.